The number of hydrogen-bond acceptors (Lipinski definition) is 0. The Morgan fingerprint density at radius 3 is 2.67 bits per heavy atom. The second-order valence-corrected chi connectivity index (χ2v) is 3.54. The van der Waals surface area contributed by atoms with Gasteiger partial charge in [0.1, 0.15) is 0 Å². The maximum Gasteiger partial charge on any atom is -0.0319 e. The quantitative estimate of drug-likeness (QED) is 0.396. The van der Waals surface area contributed by atoms with Gasteiger partial charge in [-0.25, -0.2) is 0 Å². The van der Waals surface area contributed by atoms with Gasteiger partial charge >= 0.3 is 0 Å². The van der Waals surface area contributed by atoms with E-state index < -0.39 is 0 Å². The highest BCUT2D eigenvalue weighted by Crippen LogP contribution is 2.13. The van der Waals surface area contributed by atoms with Crippen LogP contribution >= 0.6 is 8.58 Å². The second-order valence-electron chi connectivity index (χ2n) is 2.22. The van der Waals surface area contributed by atoms with Crippen molar-refractivity contribution in [3.05, 3.63) is 12.4 Å². The van der Waals surface area contributed by atoms with Crippen molar-refractivity contribution in [2.24, 2.45) is 0 Å². The van der Waals surface area contributed by atoms with Crippen molar-refractivity contribution in [1.29, 1.82) is 0 Å². The number of rotatable bonds is 6. The average molecular weight is 144 g/mol. The molecule has 0 fully saturated rings. The molecule has 0 aliphatic carbocycles. The third-order valence-corrected chi connectivity index (χ3v) is 2.25. The average Bonchev–Trinajstić information content (AvgIpc) is 1.89. The van der Waals surface area contributed by atoms with E-state index in [9.17, 15) is 0 Å². The van der Waals surface area contributed by atoms with E-state index in [0.717, 1.165) is 8.58 Å². The molecule has 0 aromatic carbocycles. The molecule has 0 aromatic heterocycles. The van der Waals surface area contributed by atoms with Gasteiger partial charge in [-0.2, -0.15) is 0 Å². The molecule has 0 aliphatic heterocycles. The standard InChI is InChI=1S/C8H17P/c1-3-5-6-7-8-9-4-2/h4,9H,2-3,5-8H2,1H3. The van der Waals surface area contributed by atoms with Gasteiger partial charge in [-0.15, -0.1) is 0 Å². The van der Waals surface area contributed by atoms with Crippen LogP contribution in [0.4, 0.5) is 0 Å². The van der Waals surface area contributed by atoms with Crippen LogP contribution in [0.5, 0.6) is 0 Å². The topological polar surface area (TPSA) is 0 Å². The minimum absolute atomic E-state index is 0.990. The molecule has 0 bridgehead atoms. The highest BCUT2D eigenvalue weighted by molar-refractivity contribution is 7.41. The lowest BCUT2D eigenvalue weighted by atomic mass is 10.2. The molecule has 1 atom stereocenters. The van der Waals surface area contributed by atoms with E-state index in [4.69, 9.17) is 0 Å². The van der Waals surface area contributed by atoms with Crippen LogP contribution in [0.15, 0.2) is 12.4 Å². The van der Waals surface area contributed by atoms with Gasteiger partial charge in [0.05, 0.1) is 0 Å². The molecule has 0 N–H and O–H groups in total. The molecule has 1 unspecified atom stereocenters. The van der Waals surface area contributed by atoms with Crippen molar-refractivity contribution in [2.75, 3.05) is 6.16 Å². The molecule has 0 heterocycles. The predicted molar refractivity (Wildman–Crippen MR) is 47.5 cm³/mol. The minimum atomic E-state index is 0.990. The van der Waals surface area contributed by atoms with E-state index in [1.165, 1.54) is 31.8 Å². The third-order valence-electron chi connectivity index (χ3n) is 1.32. The van der Waals surface area contributed by atoms with E-state index in [-0.39, 0.29) is 0 Å². The summed E-state index contributed by atoms with van der Waals surface area (Å²) in [6.45, 7) is 5.94. The molecule has 0 saturated heterocycles. The zero-order chi connectivity index (χ0) is 6.95. The van der Waals surface area contributed by atoms with Gasteiger partial charge in [0.2, 0.25) is 0 Å². The van der Waals surface area contributed by atoms with Crippen molar-refractivity contribution >= 4 is 8.58 Å². The highest BCUT2D eigenvalue weighted by Gasteiger charge is 1.84. The van der Waals surface area contributed by atoms with Crippen LogP contribution < -0.4 is 0 Å². The Hall–Kier alpha value is 0.170. The predicted octanol–water partition coefficient (Wildman–Crippen LogP) is 3.39. The zero-order valence-electron chi connectivity index (χ0n) is 6.32. The van der Waals surface area contributed by atoms with Gasteiger partial charge in [0, 0.05) is 0 Å². The summed E-state index contributed by atoms with van der Waals surface area (Å²) in [5, 5.41) is 0. The fourth-order valence-electron chi connectivity index (χ4n) is 0.756. The molecular formula is C8H17P. The summed E-state index contributed by atoms with van der Waals surface area (Å²) in [5.41, 5.74) is 0. The SMILES string of the molecule is C=CPCCCCCC. The van der Waals surface area contributed by atoms with Crippen LogP contribution in [-0.2, 0) is 0 Å². The monoisotopic (exact) mass is 144 g/mol. The van der Waals surface area contributed by atoms with Gasteiger partial charge < -0.3 is 0 Å². The summed E-state index contributed by atoms with van der Waals surface area (Å²) in [6, 6.07) is 0. The fraction of sp³-hybridized carbons (Fsp3) is 0.750. The normalized spacial score (nSPS) is 10.8. The Labute approximate surface area is 60.5 Å². The van der Waals surface area contributed by atoms with Crippen LogP contribution in [0.2, 0.25) is 0 Å². The molecule has 9 heavy (non-hydrogen) atoms. The van der Waals surface area contributed by atoms with Crippen molar-refractivity contribution in [1.82, 2.24) is 0 Å². The summed E-state index contributed by atoms with van der Waals surface area (Å²) >= 11 is 0. The second kappa shape index (κ2) is 8.17. The maximum absolute atomic E-state index is 3.69. The van der Waals surface area contributed by atoms with E-state index in [0.29, 0.717) is 0 Å². The molecule has 0 aliphatic rings. The summed E-state index contributed by atoms with van der Waals surface area (Å²) in [5.74, 6) is 2.03. The van der Waals surface area contributed by atoms with Crippen LogP contribution in [0.1, 0.15) is 32.6 Å². The minimum Gasteiger partial charge on any atom is -0.0990 e. The lowest BCUT2D eigenvalue weighted by Gasteiger charge is -1.94. The van der Waals surface area contributed by atoms with Crippen molar-refractivity contribution < 1.29 is 0 Å². The number of unbranched alkanes of at least 4 members (excludes halogenated alkanes) is 3. The van der Waals surface area contributed by atoms with Gasteiger partial charge in [-0.05, 0) is 12.6 Å². The molecule has 0 aromatic rings. The summed E-state index contributed by atoms with van der Waals surface area (Å²) < 4.78 is 0. The Morgan fingerprint density at radius 2 is 2.11 bits per heavy atom. The molecule has 54 valence electrons. The molecule has 0 saturated carbocycles. The molecule has 0 radical (unpaired) electrons. The first kappa shape index (κ1) is 9.17. The van der Waals surface area contributed by atoms with Crippen LogP contribution in [0, 0.1) is 0 Å². The lowest BCUT2D eigenvalue weighted by Crippen LogP contribution is -1.76. The Bertz CT molecular complexity index is 59.6. The molecule has 0 rings (SSSR count). The van der Waals surface area contributed by atoms with E-state index in [1.54, 1.807) is 0 Å². The first-order valence-corrected chi connectivity index (χ1v) is 5.04. The summed E-state index contributed by atoms with van der Waals surface area (Å²) in [4.78, 5) is 0. The smallest absolute Gasteiger partial charge is 0.0319 e. The van der Waals surface area contributed by atoms with E-state index in [2.05, 4.69) is 13.5 Å². The van der Waals surface area contributed by atoms with Gasteiger partial charge in [0.15, 0.2) is 0 Å². The van der Waals surface area contributed by atoms with Gasteiger partial charge in [0.25, 0.3) is 0 Å². The van der Waals surface area contributed by atoms with Crippen molar-refractivity contribution in [2.45, 2.75) is 32.6 Å². The fourth-order valence-corrected chi connectivity index (χ4v) is 1.41. The highest BCUT2D eigenvalue weighted by atomic mass is 31.1. The third kappa shape index (κ3) is 8.17. The van der Waals surface area contributed by atoms with Gasteiger partial charge in [-0.1, -0.05) is 47.2 Å². The molecule has 0 spiro atoms. The van der Waals surface area contributed by atoms with Crippen LogP contribution in [0.25, 0.3) is 0 Å². The largest absolute Gasteiger partial charge is 0.0990 e. The molecular weight excluding hydrogens is 127 g/mol. The summed E-state index contributed by atoms with van der Waals surface area (Å²) in [6.07, 6.45) is 6.93. The Morgan fingerprint density at radius 1 is 1.33 bits per heavy atom. The van der Waals surface area contributed by atoms with Crippen LogP contribution in [-0.4, -0.2) is 6.16 Å². The van der Waals surface area contributed by atoms with Crippen molar-refractivity contribution in [3.63, 3.8) is 0 Å². The maximum atomic E-state index is 3.69. The first-order chi connectivity index (χ1) is 4.41. The molecule has 1 heteroatoms. The van der Waals surface area contributed by atoms with E-state index in [1.807, 2.05) is 5.82 Å². The van der Waals surface area contributed by atoms with Gasteiger partial charge in [-0.3, -0.25) is 0 Å². The van der Waals surface area contributed by atoms with Crippen LogP contribution in [0.3, 0.4) is 0 Å². The molecule has 0 amide bonds. The Kier molecular flexibility index (Phi) is 8.32. The Balaban J connectivity index is 2.66. The number of hydrogen-bond donors (Lipinski definition) is 0. The first-order valence-electron chi connectivity index (χ1n) is 3.76. The van der Waals surface area contributed by atoms with E-state index >= 15 is 0 Å². The lowest BCUT2D eigenvalue weighted by molar-refractivity contribution is 0.706. The summed E-state index contributed by atoms with van der Waals surface area (Å²) in [7, 11) is 0.990. The van der Waals surface area contributed by atoms with Crippen molar-refractivity contribution in [3.8, 4) is 0 Å². The molecule has 0 nitrogen and oxygen atoms in total. The zero-order valence-corrected chi connectivity index (χ0v) is 7.32.